The summed E-state index contributed by atoms with van der Waals surface area (Å²) in [4.78, 5) is 26.0. The SMILES string of the molecule is c1ccc(-c2cc(-c3ccccc3)nc(-c3ccc(-c4cccc5c4-c4cccc(-c6nc(-c7ccccc7)nc(-c7ccccc7)n6)c4C54c5ccccc5Oc5ccccc54)cc3)n2)cc1. The molecule has 2 aliphatic rings. The van der Waals surface area contributed by atoms with E-state index in [2.05, 4.69) is 152 Å². The first-order chi connectivity index (χ1) is 33.7. The molecular formula is C62H39N5O. The molecule has 9 aromatic carbocycles. The van der Waals surface area contributed by atoms with Crippen LogP contribution in [0.25, 0.3) is 90.3 Å². The zero-order valence-corrected chi connectivity index (χ0v) is 36.7. The largest absolute Gasteiger partial charge is 0.457 e. The van der Waals surface area contributed by atoms with Crippen molar-refractivity contribution in [3.8, 4) is 102 Å². The molecule has 318 valence electrons. The van der Waals surface area contributed by atoms with Crippen molar-refractivity contribution in [2.75, 3.05) is 0 Å². The minimum absolute atomic E-state index is 0.599. The smallest absolute Gasteiger partial charge is 0.164 e. The van der Waals surface area contributed by atoms with Gasteiger partial charge in [0.2, 0.25) is 0 Å². The number of fused-ring (bicyclic) bond motifs is 9. The highest BCUT2D eigenvalue weighted by atomic mass is 16.5. The predicted molar refractivity (Wildman–Crippen MR) is 271 cm³/mol. The van der Waals surface area contributed by atoms with Gasteiger partial charge in [-0.2, -0.15) is 0 Å². The molecule has 2 aromatic heterocycles. The normalized spacial score (nSPS) is 12.6. The van der Waals surface area contributed by atoms with Gasteiger partial charge in [-0.05, 0) is 51.6 Å². The van der Waals surface area contributed by atoms with Crippen LogP contribution < -0.4 is 4.74 Å². The molecule has 0 unspecified atom stereocenters. The molecule has 3 heterocycles. The van der Waals surface area contributed by atoms with E-state index in [-0.39, 0.29) is 0 Å². The Bertz CT molecular complexity index is 3530. The standard InChI is InChI=1S/C62H39N5O/c1-5-19-41(20-6-1)52-39-53(42-21-7-2-8-22-42)64-58(63-52)45-37-35-40(36-38-45)46-27-18-32-51-56(46)47-28-17-29-48(57(47)62(51)49-30-13-15-33-54(49)68-55-34-16-14-31-50(55)62)61-66-59(43-23-9-3-10-24-43)65-60(67-61)44-25-11-4-12-26-44/h1-39H. The first-order valence-corrected chi connectivity index (χ1v) is 22.8. The average molecular weight is 870 g/mol. The molecule has 1 aliphatic carbocycles. The van der Waals surface area contributed by atoms with Crippen molar-refractivity contribution in [1.82, 2.24) is 24.9 Å². The van der Waals surface area contributed by atoms with Crippen LogP contribution in [0.3, 0.4) is 0 Å². The van der Waals surface area contributed by atoms with E-state index in [0.717, 1.165) is 101 Å². The highest BCUT2D eigenvalue weighted by molar-refractivity contribution is 5.99. The molecule has 1 aliphatic heterocycles. The molecule has 1 spiro atoms. The molecule has 0 bridgehead atoms. The maximum absolute atomic E-state index is 6.78. The second kappa shape index (κ2) is 16.1. The van der Waals surface area contributed by atoms with Crippen molar-refractivity contribution in [1.29, 1.82) is 0 Å². The molecule has 6 nitrogen and oxygen atoms in total. The van der Waals surface area contributed by atoms with Gasteiger partial charge in [0, 0.05) is 44.5 Å². The molecule has 0 radical (unpaired) electrons. The molecule has 0 amide bonds. The van der Waals surface area contributed by atoms with Crippen LogP contribution in [0, 0.1) is 0 Å². The van der Waals surface area contributed by atoms with Gasteiger partial charge in [0.1, 0.15) is 11.5 Å². The number of rotatable bonds is 7. The highest BCUT2D eigenvalue weighted by Gasteiger charge is 2.53. The summed E-state index contributed by atoms with van der Waals surface area (Å²) in [5.74, 6) is 4.11. The minimum Gasteiger partial charge on any atom is -0.457 e. The molecule has 0 saturated carbocycles. The maximum atomic E-state index is 6.78. The Morgan fingerprint density at radius 2 is 0.676 bits per heavy atom. The topological polar surface area (TPSA) is 73.7 Å². The van der Waals surface area contributed by atoms with Crippen LogP contribution in [0.4, 0.5) is 0 Å². The van der Waals surface area contributed by atoms with Gasteiger partial charge in [-0.3, -0.25) is 0 Å². The summed E-state index contributed by atoms with van der Waals surface area (Å²) in [6.45, 7) is 0. The number of nitrogens with zero attached hydrogens (tertiary/aromatic N) is 5. The quantitative estimate of drug-likeness (QED) is 0.159. The van der Waals surface area contributed by atoms with E-state index < -0.39 is 5.41 Å². The van der Waals surface area contributed by atoms with E-state index in [0.29, 0.717) is 23.3 Å². The van der Waals surface area contributed by atoms with E-state index in [1.807, 2.05) is 84.9 Å². The molecule has 0 saturated heterocycles. The van der Waals surface area contributed by atoms with Crippen molar-refractivity contribution < 1.29 is 4.74 Å². The summed E-state index contributed by atoms with van der Waals surface area (Å²) >= 11 is 0. The third-order valence-electron chi connectivity index (χ3n) is 13.2. The van der Waals surface area contributed by atoms with Gasteiger partial charge in [-0.1, -0.05) is 218 Å². The van der Waals surface area contributed by atoms with Crippen molar-refractivity contribution in [3.05, 3.63) is 259 Å². The van der Waals surface area contributed by atoms with Crippen LogP contribution in [-0.2, 0) is 5.41 Å². The van der Waals surface area contributed by atoms with Gasteiger partial charge in [0.25, 0.3) is 0 Å². The predicted octanol–water partition coefficient (Wildman–Crippen LogP) is 14.8. The van der Waals surface area contributed by atoms with Crippen LogP contribution in [0.15, 0.2) is 237 Å². The maximum Gasteiger partial charge on any atom is 0.164 e. The van der Waals surface area contributed by atoms with E-state index in [1.54, 1.807) is 0 Å². The monoisotopic (exact) mass is 869 g/mol. The minimum atomic E-state index is -0.797. The Balaban J connectivity index is 1.04. The fourth-order valence-electron chi connectivity index (χ4n) is 10.3. The van der Waals surface area contributed by atoms with E-state index >= 15 is 0 Å². The molecule has 0 fully saturated rings. The van der Waals surface area contributed by atoms with Crippen molar-refractivity contribution in [3.63, 3.8) is 0 Å². The second-order valence-electron chi connectivity index (χ2n) is 17.1. The van der Waals surface area contributed by atoms with Crippen molar-refractivity contribution in [2.45, 2.75) is 5.41 Å². The van der Waals surface area contributed by atoms with Gasteiger partial charge in [-0.15, -0.1) is 0 Å². The Morgan fingerprint density at radius 1 is 0.279 bits per heavy atom. The summed E-state index contributed by atoms with van der Waals surface area (Å²) in [6, 6.07) is 81.9. The summed E-state index contributed by atoms with van der Waals surface area (Å²) in [7, 11) is 0. The zero-order chi connectivity index (χ0) is 45.0. The first kappa shape index (κ1) is 39.3. The molecule has 0 N–H and O–H groups in total. The lowest BCUT2D eigenvalue weighted by molar-refractivity contribution is 0.436. The Labute approximate surface area is 394 Å². The molecule has 13 rings (SSSR count). The van der Waals surface area contributed by atoms with Crippen LogP contribution in [0.1, 0.15) is 22.3 Å². The van der Waals surface area contributed by atoms with Crippen LogP contribution >= 0.6 is 0 Å². The van der Waals surface area contributed by atoms with Gasteiger partial charge in [0.15, 0.2) is 23.3 Å². The lowest BCUT2D eigenvalue weighted by atomic mass is 9.65. The third-order valence-corrected chi connectivity index (χ3v) is 13.2. The Hall–Kier alpha value is -9.13. The zero-order valence-electron chi connectivity index (χ0n) is 36.7. The first-order valence-electron chi connectivity index (χ1n) is 22.8. The fraction of sp³-hybridized carbons (Fsp3) is 0.0161. The number of aromatic nitrogens is 5. The van der Waals surface area contributed by atoms with Crippen molar-refractivity contribution >= 4 is 0 Å². The number of para-hydroxylation sites is 2. The van der Waals surface area contributed by atoms with Crippen molar-refractivity contribution in [2.24, 2.45) is 0 Å². The number of ether oxygens (including phenoxy) is 1. The number of benzene rings is 9. The molecule has 68 heavy (non-hydrogen) atoms. The summed E-state index contributed by atoms with van der Waals surface area (Å²) in [6.07, 6.45) is 0. The van der Waals surface area contributed by atoms with Gasteiger partial charge in [0.05, 0.1) is 16.8 Å². The molecular weight excluding hydrogens is 831 g/mol. The van der Waals surface area contributed by atoms with Crippen LogP contribution in [0.5, 0.6) is 11.5 Å². The van der Waals surface area contributed by atoms with Gasteiger partial charge < -0.3 is 4.74 Å². The molecule has 0 atom stereocenters. The fourth-order valence-corrected chi connectivity index (χ4v) is 10.3. The summed E-state index contributed by atoms with van der Waals surface area (Å²) < 4.78 is 6.78. The Kier molecular flexibility index (Phi) is 9.29. The van der Waals surface area contributed by atoms with Gasteiger partial charge in [-0.25, -0.2) is 24.9 Å². The lowest BCUT2D eigenvalue weighted by Crippen LogP contribution is -2.32. The number of hydrogen-bond acceptors (Lipinski definition) is 6. The van der Waals surface area contributed by atoms with Crippen LogP contribution in [-0.4, -0.2) is 24.9 Å². The summed E-state index contributed by atoms with van der Waals surface area (Å²) in [5.41, 5.74) is 15.6. The Morgan fingerprint density at radius 3 is 1.24 bits per heavy atom. The lowest BCUT2D eigenvalue weighted by Gasteiger charge is -2.40. The van der Waals surface area contributed by atoms with E-state index in [1.165, 1.54) is 0 Å². The van der Waals surface area contributed by atoms with Crippen LogP contribution in [0.2, 0.25) is 0 Å². The van der Waals surface area contributed by atoms with E-state index in [4.69, 9.17) is 29.7 Å². The highest BCUT2D eigenvalue weighted by Crippen LogP contribution is 2.65. The number of hydrogen-bond donors (Lipinski definition) is 0. The summed E-state index contributed by atoms with van der Waals surface area (Å²) in [5, 5.41) is 0. The molecule has 11 aromatic rings. The average Bonchev–Trinajstić information content (AvgIpc) is 3.72. The van der Waals surface area contributed by atoms with E-state index in [9.17, 15) is 0 Å². The third kappa shape index (κ3) is 6.38. The second-order valence-corrected chi connectivity index (χ2v) is 17.1. The molecule has 6 heteroatoms. The van der Waals surface area contributed by atoms with Gasteiger partial charge >= 0.3 is 0 Å².